The number of fused-ring (bicyclic) bond motifs is 2. The number of rotatable bonds is 21. The van der Waals surface area contributed by atoms with Gasteiger partial charge in [-0.15, -0.1) is 0 Å². The molecule has 298 valence electrons. The van der Waals surface area contributed by atoms with Gasteiger partial charge in [0.1, 0.15) is 6.54 Å². The van der Waals surface area contributed by atoms with Crippen molar-refractivity contribution in [2.75, 3.05) is 30.3 Å². The number of benzene rings is 2. The molecule has 0 radical (unpaired) electrons. The molecule has 1 atom stereocenters. The molecule has 3 N–H and O–H groups in total. The molecule has 2 aromatic rings. The molecule has 0 saturated heterocycles. The second-order valence-electron chi connectivity index (χ2n) is 15.2. The molecule has 11 nitrogen and oxygen atoms in total. The van der Waals surface area contributed by atoms with Gasteiger partial charge < -0.3 is 19.8 Å². The molecule has 2 aliphatic rings. The molecule has 0 bridgehead atoms. The number of carboxylic acid groups (broad SMARTS) is 2. The zero-order valence-electron chi connectivity index (χ0n) is 32.8. The monoisotopic (exact) mass is 777 g/mol. The number of hydrogen-bond acceptors (Lipinski definition) is 7. The molecular formula is C43H57N2O9S+. The predicted octanol–water partition coefficient (Wildman–Crippen LogP) is 8.28. The summed E-state index contributed by atoms with van der Waals surface area (Å²) in [5, 5.41) is 18.2. The van der Waals surface area contributed by atoms with Gasteiger partial charge in [-0.05, 0) is 96.6 Å². The van der Waals surface area contributed by atoms with Crippen molar-refractivity contribution < 1.29 is 46.9 Å². The number of allylic oxidation sites excluding steroid dienone is 6. The molecule has 1 unspecified atom stereocenters. The Bertz CT molecular complexity index is 1980. The highest BCUT2D eigenvalue weighted by atomic mass is 32.2. The topological polar surface area (TPSA) is 162 Å². The number of carbonyl (C=O) groups excluding carboxylic acids is 1. The molecule has 55 heavy (non-hydrogen) atoms. The number of aryl methyl sites for hydroxylation is 1. The SMILES string of the molecule is CCOC(=O)c1ccc2c(c1)C(C)(C)C(/C=C/C=C/C=C1\N(CCCS(=O)(=O)O)c3ccc(C)cc3C1(C)CCCCCC(=O)O)=[N+]2CCCCCC(=O)O. The van der Waals surface area contributed by atoms with Crippen molar-refractivity contribution in [2.24, 2.45) is 0 Å². The van der Waals surface area contributed by atoms with Gasteiger partial charge in [0.15, 0.2) is 5.71 Å². The Balaban J connectivity index is 1.68. The van der Waals surface area contributed by atoms with Crippen LogP contribution in [-0.2, 0) is 35.3 Å². The number of carboxylic acids is 2. The lowest BCUT2D eigenvalue weighted by molar-refractivity contribution is -0.438. The summed E-state index contributed by atoms with van der Waals surface area (Å²) < 4.78 is 40.3. The first kappa shape index (κ1) is 43.2. The lowest BCUT2D eigenvalue weighted by Gasteiger charge is -2.30. The van der Waals surface area contributed by atoms with Gasteiger partial charge in [0.05, 0.1) is 23.3 Å². The molecule has 4 rings (SSSR count). The number of hydrogen-bond donors (Lipinski definition) is 3. The van der Waals surface area contributed by atoms with Crippen LogP contribution in [0.1, 0.15) is 119 Å². The van der Waals surface area contributed by atoms with Crippen LogP contribution in [-0.4, -0.2) is 76.8 Å². The second kappa shape index (κ2) is 18.9. The molecule has 0 amide bonds. The van der Waals surface area contributed by atoms with Crippen molar-refractivity contribution in [3.05, 3.63) is 94.7 Å². The van der Waals surface area contributed by atoms with Gasteiger partial charge in [0, 0.05) is 60.3 Å². The van der Waals surface area contributed by atoms with Crippen LogP contribution in [0.4, 0.5) is 11.4 Å². The molecule has 12 heteroatoms. The molecule has 2 aliphatic heterocycles. The summed E-state index contributed by atoms with van der Waals surface area (Å²) in [6.45, 7) is 11.6. The molecule has 2 heterocycles. The second-order valence-corrected chi connectivity index (χ2v) is 16.8. The van der Waals surface area contributed by atoms with Crippen LogP contribution in [0.2, 0.25) is 0 Å². The van der Waals surface area contributed by atoms with Gasteiger partial charge in [-0.1, -0.05) is 48.8 Å². The highest BCUT2D eigenvalue weighted by Crippen LogP contribution is 2.51. The Morgan fingerprint density at radius 3 is 2.20 bits per heavy atom. The van der Waals surface area contributed by atoms with E-state index in [1.807, 2.05) is 43.4 Å². The zero-order valence-corrected chi connectivity index (χ0v) is 33.7. The number of ether oxygens (including phenoxy) is 1. The van der Waals surface area contributed by atoms with E-state index in [1.54, 1.807) is 13.0 Å². The summed E-state index contributed by atoms with van der Waals surface area (Å²) in [5.74, 6) is -2.33. The molecular weight excluding hydrogens is 721 g/mol. The van der Waals surface area contributed by atoms with Crippen molar-refractivity contribution in [1.29, 1.82) is 0 Å². The van der Waals surface area contributed by atoms with Crippen LogP contribution >= 0.6 is 0 Å². The standard InChI is InChI=1S/C43H56N2O9S/c1-6-54-41(50)32-22-24-35-33(30-32)42(3,4)37(44(35)26-15-9-13-20-40(48)49)17-10-7-11-18-38-43(5,25-14-8-12-19-39(46)47)34-29-31(2)21-23-36(34)45(38)27-16-28-55(51,52)53/h7,10-11,17-18,21-24,29-30H,6,8-9,12-16,19-20,25-28H2,1-5H3,(H2-,46,47,48,49,51,52,53)/p+1. The van der Waals surface area contributed by atoms with Crippen molar-refractivity contribution in [3.8, 4) is 0 Å². The Morgan fingerprint density at radius 2 is 1.55 bits per heavy atom. The van der Waals surface area contributed by atoms with E-state index >= 15 is 0 Å². The smallest absolute Gasteiger partial charge is 0.338 e. The quantitative estimate of drug-likeness (QED) is 0.0370. The Hall–Kier alpha value is -4.55. The van der Waals surface area contributed by atoms with E-state index in [-0.39, 0.29) is 37.6 Å². The van der Waals surface area contributed by atoms with Gasteiger partial charge in [0.25, 0.3) is 10.1 Å². The Labute approximate surface area is 325 Å². The summed E-state index contributed by atoms with van der Waals surface area (Å²) in [4.78, 5) is 37.0. The normalized spacial score (nSPS) is 18.4. The summed E-state index contributed by atoms with van der Waals surface area (Å²) >= 11 is 0. The third kappa shape index (κ3) is 11.0. The number of anilines is 1. The van der Waals surface area contributed by atoms with Crippen LogP contribution in [0.15, 0.2) is 72.5 Å². The van der Waals surface area contributed by atoms with Crippen molar-refractivity contribution >= 4 is 45.1 Å². The number of nitrogens with zero attached hydrogens (tertiary/aromatic N) is 2. The van der Waals surface area contributed by atoms with Gasteiger partial charge in [-0.2, -0.15) is 13.0 Å². The zero-order chi connectivity index (χ0) is 40.4. The molecule has 0 aliphatic carbocycles. The first-order chi connectivity index (χ1) is 26.0. The van der Waals surface area contributed by atoms with E-state index < -0.39 is 32.9 Å². The van der Waals surface area contributed by atoms with E-state index in [9.17, 15) is 27.4 Å². The van der Waals surface area contributed by atoms with Gasteiger partial charge in [-0.25, -0.2) is 4.79 Å². The van der Waals surface area contributed by atoms with E-state index in [2.05, 4.69) is 54.5 Å². The Morgan fingerprint density at radius 1 is 0.855 bits per heavy atom. The van der Waals surface area contributed by atoms with Crippen LogP contribution in [0.3, 0.4) is 0 Å². The number of aliphatic carboxylic acids is 2. The number of esters is 1. The third-order valence-corrected chi connectivity index (χ3v) is 11.5. The average Bonchev–Trinajstić information content (AvgIpc) is 3.45. The molecule has 0 aromatic heterocycles. The van der Waals surface area contributed by atoms with Gasteiger partial charge in [0.2, 0.25) is 5.69 Å². The maximum Gasteiger partial charge on any atom is 0.338 e. The molecule has 0 fully saturated rings. The molecule has 0 saturated carbocycles. The maximum atomic E-state index is 12.7. The van der Waals surface area contributed by atoms with E-state index in [4.69, 9.17) is 14.9 Å². The van der Waals surface area contributed by atoms with Crippen molar-refractivity contribution in [1.82, 2.24) is 0 Å². The van der Waals surface area contributed by atoms with Crippen LogP contribution in [0.5, 0.6) is 0 Å². The highest BCUT2D eigenvalue weighted by Gasteiger charge is 2.45. The predicted molar refractivity (Wildman–Crippen MR) is 215 cm³/mol. The van der Waals surface area contributed by atoms with E-state index in [0.717, 1.165) is 71.6 Å². The van der Waals surface area contributed by atoms with E-state index in [0.29, 0.717) is 31.5 Å². The minimum absolute atomic E-state index is 0.127. The first-order valence-electron chi connectivity index (χ1n) is 19.3. The van der Waals surface area contributed by atoms with E-state index in [1.165, 1.54) is 0 Å². The summed E-state index contributed by atoms with van der Waals surface area (Å²) in [6, 6.07) is 11.9. The lowest BCUT2D eigenvalue weighted by atomic mass is 9.76. The summed E-state index contributed by atoms with van der Waals surface area (Å²) in [6.07, 6.45) is 15.7. The minimum Gasteiger partial charge on any atom is -0.481 e. The minimum atomic E-state index is -4.13. The highest BCUT2D eigenvalue weighted by molar-refractivity contribution is 7.85. The average molecular weight is 778 g/mol. The third-order valence-electron chi connectivity index (χ3n) is 10.7. The fraction of sp³-hybridized carbons (Fsp3) is 0.488. The maximum absolute atomic E-state index is 12.7. The van der Waals surface area contributed by atoms with Gasteiger partial charge >= 0.3 is 17.9 Å². The fourth-order valence-corrected chi connectivity index (χ4v) is 8.34. The number of carbonyl (C=O) groups is 3. The first-order valence-corrected chi connectivity index (χ1v) is 20.9. The summed E-state index contributed by atoms with van der Waals surface area (Å²) in [7, 11) is -4.13. The van der Waals surface area contributed by atoms with Crippen LogP contribution < -0.4 is 4.90 Å². The molecule has 2 aromatic carbocycles. The fourth-order valence-electron chi connectivity index (χ4n) is 7.85. The Kier molecular flexibility index (Phi) is 14.8. The van der Waals surface area contributed by atoms with Crippen molar-refractivity contribution in [3.63, 3.8) is 0 Å². The number of unbranched alkanes of at least 4 members (excludes halogenated alkanes) is 4. The summed E-state index contributed by atoms with van der Waals surface area (Å²) in [5.41, 5.74) is 6.90. The van der Waals surface area contributed by atoms with Crippen LogP contribution in [0.25, 0.3) is 0 Å². The van der Waals surface area contributed by atoms with Gasteiger partial charge in [-0.3, -0.25) is 14.1 Å². The van der Waals surface area contributed by atoms with Crippen LogP contribution in [0, 0.1) is 6.92 Å². The van der Waals surface area contributed by atoms with Crippen molar-refractivity contribution in [2.45, 2.75) is 110 Å². The lowest BCUT2D eigenvalue weighted by Crippen LogP contribution is -2.30. The molecule has 0 spiro atoms. The largest absolute Gasteiger partial charge is 0.481 e.